The molecule has 0 saturated carbocycles. The van der Waals surface area contributed by atoms with Crippen molar-refractivity contribution in [2.45, 2.75) is 6.42 Å². The number of hydrogen-bond donors (Lipinski definition) is 2. The van der Waals surface area contributed by atoms with E-state index in [1.54, 1.807) is 6.07 Å². The van der Waals surface area contributed by atoms with Crippen LogP contribution in [0.5, 0.6) is 0 Å². The molecule has 0 radical (unpaired) electrons. The third-order valence-electron chi connectivity index (χ3n) is 2.60. The van der Waals surface area contributed by atoms with Gasteiger partial charge in [-0.05, 0) is 24.1 Å². The van der Waals surface area contributed by atoms with Gasteiger partial charge >= 0.3 is 0 Å². The van der Waals surface area contributed by atoms with Crippen LogP contribution in [-0.4, -0.2) is 17.4 Å². The van der Waals surface area contributed by atoms with Crippen LogP contribution in [-0.2, 0) is 6.42 Å². The molecule has 0 aliphatic carbocycles. The highest BCUT2D eigenvalue weighted by Gasteiger charge is 2.08. The molecule has 1 aromatic carbocycles. The summed E-state index contributed by atoms with van der Waals surface area (Å²) in [4.78, 5) is 25.6. The van der Waals surface area contributed by atoms with E-state index in [9.17, 15) is 9.59 Å². The van der Waals surface area contributed by atoms with Crippen LogP contribution in [0.2, 0.25) is 0 Å². The molecule has 2 N–H and O–H groups in total. The van der Waals surface area contributed by atoms with Crippen molar-refractivity contribution in [2.24, 2.45) is 0 Å². The minimum absolute atomic E-state index is 0.144. The molecule has 18 heavy (non-hydrogen) atoms. The van der Waals surface area contributed by atoms with E-state index in [1.165, 1.54) is 12.3 Å². The van der Waals surface area contributed by atoms with Crippen molar-refractivity contribution in [1.82, 2.24) is 10.3 Å². The predicted octanol–water partition coefficient (Wildman–Crippen LogP) is 1.35. The molecule has 1 aromatic heterocycles. The lowest BCUT2D eigenvalue weighted by Crippen LogP contribution is -2.30. The van der Waals surface area contributed by atoms with E-state index in [-0.39, 0.29) is 17.0 Å². The highest BCUT2D eigenvalue weighted by Crippen LogP contribution is 1.98. The fraction of sp³-hybridized carbons (Fsp3) is 0.143. The molecule has 0 aliphatic rings. The number of hydrogen-bond acceptors (Lipinski definition) is 2. The van der Waals surface area contributed by atoms with E-state index in [0.717, 1.165) is 12.0 Å². The molecule has 0 saturated heterocycles. The molecule has 4 heteroatoms. The van der Waals surface area contributed by atoms with Crippen molar-refractivity contribution in [3.63, 3.8) is 0 Å². The SMILES string of the molecule is O=C(NCCc1ccccc1)c1ccc[nH]c1=O. The average Bonchev–Trinajstić information content (AvgIpc) is 2.40. The Morgan fingerprint density at radius 2 is 1.89 bits per heavy atom. The number of rotatable bonds is 4. The zero-order valence-electron chi connectivity index (χ0n) is 9.85. The van der Waals surface area contributed by atoms with E-state index in [0.29, 0.717) is 6.54 Å². The van der Waals surface area contributed by atoms with Gasteiger partial charge in [0.1, 0.15) is 5.56 Å². The van der Waals surface area contributed by atoms with E-state index in [1.807, 2.05) is 30.3 Å². The minimum Gasteiger partial charge on any atom is -0.352 e. The van der Waals surface area contributed by atoms with Crippen molar-refractivity contribution >= 4 is 5.91 Å². The van der Waals surface area contributed by atoms with Crippen molar-refractivity contribution in [2.75, 3.05) is 6.54 Å². The summed E-state index contributed by atoms with van der Waals surface area (Å²) in [5.41, 5.74) is 0.931. The minimum atomic E-state index is -0.366. The molecule has 2 aromatic rings. The molecule has 1 heterocycles. The molecule has 2 rings (SSSR count). The molecule has 0 fully saturated rings. The molecule has 0 atom stereocenters. The maximum atomic E-state index is 11.7. The highest BCUT2D eigenvalue weighted by molar-refractivity contribution is 5.93. The van der Waals surface area contributed by atoms with Gasteiger partial charge in [0.2, 0.25) is 0 Å². The lowest BCUT2D eigenvalue weighted by Gasteiger charge is -2.04. The monoisotopic (exact) mass is 242 g/mol. The van der Waals surface area contributed by atoms with Gasteiger partial charge in [0.05, 0.1) is 0 Å². The summed E-state index contributed by atoms with van der Waals surface area (Å²) >= 11 is 0. The van der Waals surface area contributed by atoms with Gasteiger partial charge in [-0.3, -0.25) is 9.59 Å². The van der Waals surface area contributed by atoms with Crippen LogP contribution in [0.4, 0.5) is 0 Å². The summed E-state index contributed by atoms with van der Waals surface area (Å²) in [6, 6.07) is 13.0. The molecule has 92 valence electrons. The zero-order valence-corrected chi connectivity index (χ0v) is 9.85. The van der Waals surface area contributed by atoms with Crippen LogP contribution >= 0.6 is 0 Å². The van der Waals surface area contributed by atoms with Crippen LogP contribution in [0, 0.1) is 0 Å². The second kappa shape index (κ2) is 5.82. The number of aromatic nitrogens is 1. The van der Waals surface area contributed by atoms with Gasteiger partial charge in [-0.2, -0.15) is 0 Å². The fourth-order valence-electron chi connectivity index (χ4n) is 1.66. The maximum absolute atomic E-state index is 11.7. The molecule has 4 nitrogen and oxygen atoms in total. The Labute approximate surface area is 105 Å². The van der Waals surface area contributed by atoms with Gasteiger partial charge in [-0.1, -0.05) is 30.3 Å². The third-order valence-corrected chi connectivity index (χ3v) is 2.60. The van der Waals surface area contributed by atoms with Gasteiger partial charge in [-0.15, -0.1) is 0 Å². The summed E-state index contributed by atoms with van der Waals surface area (Å²) in [5.74, 6) is -0.340. The van der Waals surface area contributed by atoms with Gasteiger partial charge in [-0.25, -0.2) is 0 Å². The van der Waals surface area contributed by atoms with E-state index >= 15 is 0 Å². The summed E-state index contributed by atoms with van der Waals surface area (Å²) in [5, 5.41) is 2.73. The zero-order chi connectivity index (χ0) is 12.8. The smallest absolute Gasteiger partial charge is 0.260 e. The number of carbonyl (C=O) groups is 1. The topological polar surface area (TPSA) is 62.0 Å². The third kappa shape index (κ3) is 3.07. The van der Waals surface area contributed by atoms with Gasteiger partial charge in [0.15, 0.2) is 0 Å². The number of pyridine rings is 1. The number of H-pyrrole nitrogens is 1. The number of aromatic amines is 1. The van der Waals surface area contributed by atoms with E-state index in [2.05, 4.69) is 10.3 Å². The van der Waals surface area contributed by atoms with Crippen molar-refractivity contribution in [3.05, 3.63) is 70.1 Å². The van der Waals surface area contributed by atoms with Crippen LogP contribution in [0.25, 0.3) is 0 Å². The average molecular weight is 242 g/mol. The maximum Gasteiger partial charge on any atom is 0.260 e. The summed E-state index contributed by atoms with van der Waals surface area (Å²) in [7, 11) is 0. The Morgan fingerprint density at radius 1 is 1.11 bits per heavy atom. The van der Waals surface area contributed by atoms with Gasteiger partial charge in [0, 0.05) is 12.7 Å². The molecule has 0 bridgehead atoms. The summed E-state index contributed by atoms with van der Waals surface area (Å²) in [6.45, 7) is 0.511. The first-order chi connectivity index (χ1) is 8.77. The highest BCUT2D eigenvalue weighted by atomic mass is 16.2. The van der Waals surface area contributed by atoms with Crippen LogP contribution in [0.15, 0.2) is 53.5 Å². The first-order valence-electron chi connectivity index (χ1n) is 5.77. The Bertz CT molecular complexity index is 576. The second-order valence-corrected chi connectivity index (χ2v) is 3.90. The summed E-state index contributed by atoms with van der Waals surface area (Å²) in [6.07, 6.45) is 2.25. The van der Waals surface area contributed by atoms with Crippen molar-refractivity contribution in [3.8, 4) is 0 Å². The first kappa shape index (κ1) is 12.1. The summed E-state index contributed by atoms with van der Waals surface area (Å²) < 4.78 is 0. The molecular weight excluding hydrogens is 228 g/mol. The van der Waals surface area contributed by atoms with Crippen LogP contribution < -0.4 is 10.9 Å². The number of carbonyl (C=O) groups excluding carboxylic acids is 1. The fourth-order valence-corrected chi connectivity index (χ4v) is 1.66. The number of amides is 1. The molecule has 0 aliphatic heterocycles. The van der Waals surface area contributed by atoms with Crippen LogP contribution in [0.3, 0.4) is 0 Å². The molecular formula is C14H14N2O2. The van der Waals surface area contributed by atoms with Crippen molar-refractivity contribution in [1.29, 1.82) is 0 Å². The standard InChI is InChI=1S/C14H14N2O2/c17-13-12(7-4-9-15-13)14(18)16-10-8-11-5-2-1-3-6-11/h1-7,9H,8,10H2,(H,15,17)(H,16,18). The molecule has 0 unspecified atom stereocenters. The first-order valence-corrected chi connectivity index (χ1v) is 5.77. The molecule has 1 amide bonds. The second-order valence-electron chi connectivity index (χ2n) is 3.90. The lowest BCUT2D eigenvalue weighted by atomic mass is 10.1. The van der Waals surface area contributed by atoms with Crippen molar-refractivity contribution < 1.29 is 4.79 Å². The van der Waals surface area contributed by atoms with E-state index in [4.69, 9.17) is 0 Å². The van der Waals surface area contributed by atoms with Gasteiger partial charge in [0.25, 0.3) is 11.5 Å². The number of benzene rings is 1. The normalized spacial score (nSPS) is 10.0. The Kier molecular flexibility index (Phi) is 3.91. The van der Waals surface area contributed by atoms with Crippen LogP contribution in [0.1, 0.15) is 15.9 Å². The Morgan fingerprint density at radius 3 is 2.61 bits per heavy atom. The Balaban J connectivity index is 1.90. The van der Waals surface area contributed by atoms with Gasteiger partial charge < -0.3 is 10.3 Å². The Hall–Kier alpha value is -2.36. The quantitative estimate of drug-likeness (QED) is 0.850. The molecule has 0 spiro atoms. The largest absolute Gasteiger partial charge is 0.352 e. The van der Waals surface area contributed by atoms with E-state index < -0.39 is 0 Å². The number of nitrogens with one attached hydrogen (secondary N) is 2. The lowest BCUT2D eigenvalue weighted by molar-refractivity contribution is 0.0952. The predicted molar refractivity (Wildman–Crippen MR) is 69.5 cm³/mol.